The molecule has 0 spiro atoms. The molecule has 0 aromatic heterocycles. The Balaban J connectivity index is 1.49. The van der Waals surface area contributed by atoms with Gasteiger partial charge in [0.1, 0.15) is 0 Å². The number of carbonyl (C=O) groups excluding carboxylic acids is 2. The summed E-state index contributed by atoms with van der Waals surface area (Å²) in [7, 11) is 0. The van der Waals surface area contributed by atoms with E-state index in [4.69, 9.17) is 0 Å². The first kappa shape index (κ1) is 22.9. The largest absolute Gasteiger partial charge is 0.355 e. The van der Waals surface area contributed by atoms with Gasteiger partial charge in [-0.3, -0.25) is 9.59 Å². The van der Waals surface area contributed by atoms with Crippen LogP contribution in [0, 0.1) is 5.92 Å². The Morgan fingerprint density at radius 1 is 1.17 bits per heavy atom. The zero-order valence-corrected chi connectivity index (χ0v) is 19.0. The molecule has 1 aliphatic heterocycles. The minimum Gasteiger partial charge on any atom is -0.355 e. The van der Waals surface area contributed by atoms with E-state index in [1.54, 1.807) is 11.8 Å². The predicted molar refractivity (Wildman–Crippen MR) is 125 cm³/mol. The van der Waals surface area contributed by atoms with Crippen LogP contribution in [-0.2, 0) is 9.59 Å². The molecule has 2 fully saturated rings. The number of hydrogen-bond acceptors (Lipinski definition) is 4. The van der Waals surface area contributed by atoms with Crippen molar-refractivity contribution in [2.24, 2.45) is 5.92 Å². The Labute approximate surface area is 185 Å². The summed E-state index contributed by atoms with van der Waals surface area (Å²) >= 11 is 1.68. The van der Waals surface area contributed by atoms with E-state index in [1.165, 1.54) is 0 Å². The molecule has 2 aliphatic rings. The number of benzene rings is 1. The van der Waals surface area contributed by atoms with Crippen LogP contribution in [0.15, 0.2) is 35.2 Å². The monoisotopic (exact) mass is 429 g/mol. The van der Waals surface area contributed by atoms with Gasteiger partial charge in [0.05, 0.1) is 4.91 Å². The number of amides is 2. The Kier molecular flexibility index (Phi) is 8.82. The third-order valence-electron chi connectivity index (χ3n) is 5.88. The molecule has 30 heavy (non-hydrogen) atoms. The number of carbonyl (C=O) groups is 2. The maximum atomic E-state index is 12.7. The van der Waals surface area contributed by atoms with E-state index in [0.717, 1.165) is 62.2 Å². The molecule has 3 rings (SSSR count). The summed E-state index contributed by atoms with van der Waals surface area (Å²) in [5, 5.41) is 6.65. The molecule has 164 valence electrons. The average molecular weight is 430 g/mol. The van der Waals surface area contributed by atoms with Crippen molar-refractivity contribution in [1.82, 2.24) is 15.5 Å². The molecule has 3 atom stereocenters. The summed E-state index contributed by atoms with van der Waals surface area (Å²) in [4.78, 5) is 28.5. The number of nitrogens with one attached hydrogen (secondary N) is 2. The quantitative estimate of drug-likeness (QED) is 0.588. The van der Waals surface area contributed by atoms with Crippen LogP contribution < -0.4 is 10.6 Å². The lowest BCUT2D eigenvalue weighted by atomic mass is 9.84. The second-order valence-electron chi connectivity index (χ2n) is 8.30. The van der Waals surface area contributed by atoms with Gasteiger partial charge in [0.25, 0.3) is 5.91 Å². The number of fused-ring (bicyclic) bond motifs is 1. The molecule has 1 aliphatic carbocycles. The van der Waals surface area contributed by atoms with E-state index in [9.17, 15) is 9.59 Å². The van der Waals surface area contributed by atoms with Crippen LogP contribution in [0.5, 0.6) is 0 Å². The second kappa shape index (κ2) is 11.6. The van der Waals surface area contributed by atoms with Gasteiger partial charge in [-0.25, -0.2) is 0 Å². The minimum absolute atomic E-state index is 0.00222. The normalized spacial score (nSPS) is 25.1. The van der Waals surface area contributed by atoms with Crippen molar-refractivity contribution in [1.29, 1.82) is 0 Å². The van der Waals surface area contributed by atoms with E-state index in [-0.39, 0.29) is 23.8 Å². The van der Waals surface area contributed by atoms with Crippen LogP contribution in [0.3, 0.4) is 0 Å². The highest BCUT2D eigenvalue weighted by molar-refractivity contribution is 8.04. The van der Waals surface area contributed by atoms with E-state index in [0.29, 0.717) is 11.8 Å². The number of nitrogens with zero attached hydrogens (tertiary/aromatic N) is 1. The minimum atomic E-state index is -0.0130. The van der Waals surface area contributed by atoms with Crippen LogP contribution in [0.4, 0.5) is 0 Å². The molecule has 2 N–H and O–H groups in total. The first-order chi connectivity index (χ1) is 14.6. The zero-order chi connectivity index (χ0) is 21.3. The second-order valence-corrected chi connectivity index (χ2v) is 9.58. The Hall–Kier alpha value is -1.79. The highest BCUT2D eigenvalue weighted by atomic mass is 32.2. The third-order valence-corrected chi connectivity index (χ3v) is 7.30. The van der Waals surface area contributed by atoms with Crippen LogP contribution in [0.1, 0.15) is 51.5 Å². The van der Waals surface area contributed by atoms with Gasteiger partial charge in [0, 0.05) is 30.3 Å². The molecule has 1 heterocycles. The highest BCUT2D eigenvalue weighted by Crippen LogP contribution is 2.39. The summed E-state index contributed by atoms with van der Waals surface area (Å²) in [5.74, 6) is 0.129. The lowest BCUT2D eigenvalue weighted by Gasteiger charge is -2.39. The van der Waals surface area contributed by atoms with E-state index in [1.807, 2.05) is 36.4 Å². The van der Waals surface area contributed by atoms with Crippen molar-refractivity contribution < 1.29 is 9.59 Å². The zero-order valence-electron chi connectivity index (χ0n) is 18.2. The maximum absolute atomic E-state index is 12.7. The number of thioether (sulfide) groups is 1. The standard InChI is InChI=1S/C24H35N3O2S/c1-3-13-27(14-4-2)15-12-25-23(28)19-10-11-21-20(17-19)26-24(29)22(30-21)16-18-8-6-5-7-9-18/h5-9,16,19-21H,3-4,10-15,17H2,1-2H3,(H,25,28)(H,26,29)/b22-16-. The molecular formula is C24H35N3O2S. The summed E-state index contributed by atoms with van der Waals surface area (Å²) in [5.41, 5.74) is 1.04. The predicted octanol–water partition coefficient (Wildman–Crippen LogP) is 3.67. The van der Waals surface area contributed by atoms with Gasteiger partial charge in [-0.05, 0) is 56.8 Å². The van der Waals surface area contributed by atoms with Gasteiger partial charge < -0.3 is 15.5 Å². The molecule has 6 heteroatoms. The van der Waals surface area contributed by atoms with Crippen molar-refractivity contribution in [3.05, 3.63) is 40.8 Å². The van der Waals surface area contributed by atoms with Gasteiger partial charge in [-0.1, -0.05) is 44.2 Å². The summed E-state index contributed by atoms with van der Waals surface area (Å²) < 4.78 is 0. The highest BCUT2D eigenvalue weighted by Gasteiger charge is 2.39. The van der Waals surface area contributed by atoms with Crippen molar-refractivity contribution in [2.75, 3.05) is 26.2 Å². The molecule has 1 aromatic carbocycles. The molecule has 1 saturated carbocycles. The first-order valence-corrected chi connectivity index (χ1v) is 12.2. The van der Waals surface area contributed by atoms with Gasteiger partial charge in [-0.15, -0.1) is 11.8 Å². The number of hydrogen-bond donors (Lipinski definition) is 2. The maximum Gasteiger partial charge on any atom is 0.257 e. The molecular weight excluding hydrogens is 394 g/mol. The van der Waals surface area contributed by atoms with E-state index in [2.05, 4.69) is 29.4 Å². The lowest BCUT2D eigenvalue weighted by molar-refractivity contribution is -0.127. The summed E-state index contributed by atoms with van der Waals surface area (Å²) in [6, 6.07) is 10.0. The van der Waals surface area contributed by atoms with Crippen molar-refractivity contribution in [3.63, 3.8) is 0 Å². The molecule has 0 bridgehead atoms. The lowest BCUT2D eigenvalue weighted by Crippen LogP contribution is -2.52. The smallest absolute Gasteiger partial charge is 0.257 e. The van der Waals surface area contributed by atoms with Gasteiger partial charge in [-0.2, -0.15) is 0 Å². The first-order valence-electron chi connectivity index (χ1n) is 11.3. The molecule has 1 saturated heterocycles. The van der Waals surface area contributed by atoms with Crippen LogP contribution in [-0.4, -0.2) is 54.2 Å². The van der Waals surface area contributed by atoms with E-state index >= 15 is 0 Å². The molecule has 5 nitrogen and oxygen atoms in total. The van der Waals surface area contributed by atoms with Crippen LogP contribution >= 0.6 is 11.8 Å². The Bertz CT molecular complexity index is 731. The van der Waals surface area contributed by atoms with Gasteiger partial charge in [0.2, 0.25) is 5.91 Å². The Morgan fingerprint density at radius 2 is 1.90 bits per heavy atom. The van der Waals surface area contributed by atoms with Crippen LogP contribution in [0.25, 0.3) is 6.08 Å². The average Bonchev–Trinajstić information content (AvgIpc) is 2.75. The summed E-state index contributed by atoms with van der Waals surface area (Å²) in [6.07, 6.45) is 6.82. The molecule has 0 radical (unpaired) electrons. The van der Waals surface area contributed by atoms with Crippen LogP contribution in [0.2, 0.25) is 0 Å². The molecule has 1 aromatic rings. The van der Waals surface area contributed by atoms with Gasteiger partial charge >= 0.3 is 0 Å². The fourth-order valence-electron chi connectivity index (χ4n) is 4.38. The molecule has 3 unspecified atom stereocenters. The third kappa shape index (κ3) is 6.35. The van der Waals surface area contributed by atoms with Gasteiger partial charge in [0.15, 0.2) is 0 Å². The number of rotatable bonds is 9. The Morgan fingerprint density at radius 3 is 2.60 bits per heavy atom. The molecule has 2 amide bonds. The topological polar surface area (TPSA) is 61.4 Å². The van der Waals surface area contributed by atoms with Crippen molar-refractivity contribution in [3.8, 4) is 0 Å². The fraction of sp³-hybridized carbons (Fsp3) is 0.583. The fourth-order valence-corrected chi connectivity index (χ4v) is 5.67. The van der Waals surface area contributed by atoms with E-state index < -0.39 is 0 Å². The summed E-state index contributed by atoms with van der Waals surface area (Å²) in [6.45, 7) is 8.16. The SMILES string of the molecule is CCCN(CCC)CCNC(=O)C1CCC2S/C(=C\c3ccccc3)C(=O)NC2C1. The van der Waals surface area contributed by atoms with Crippen molar-refractivity contribution in [2.45, 2.75) is 57.2 Å². The van der Waals surface area contributed by atoms with Crippen molar-refractivity contribution >= 4 is 29.7 Å².